The van der Waals surface area contributed by atoms with E-state index in [2.05, 4.69) is 45.1 Å². The molecule has 3 fully saturated rings. The van der Waals surface area contributed by atoms with Gasteiger partial charge in [0.05, 0.1) is 47.8 Å². The van der Waals surface area contributed by atoms with Gasteiger partial charge in [0.25, 0.3) is 30.6 Å². The first kappa shape index (κ1) is 73.9. The summed E-state index contributed by atoms with van der Waals surface area (Å²) in [6, 6.07) is 23.4. The molecule has 9 aromatic rings. The van der Waals surface area contributed by atoms with Crippen LogP contribution in [-0.2, 0) is 45.0 Å². The quantitative estimate of drug-likeness (QED) is 0.0623. The van der Waals surface area contributed by atoms with E-state index in [1.807, 2.05) is 0 Å². The first-order valence-electron chi connectivity index (χ1n) is 28.1. The Kier molecular flexibility index (Phi) is 23.5. The van der Waals surface area contributed by atoms with Gasteiger partial charge in [0, 0.05) is 56.8 Å². The SMILES string of the molecule is C.CN1C(C(=O)Nc2ccc(F)c(Cl)c2)CC(c2ncc(-c3ccc(F)cc3)s2)NS1(=O)=O.CN1[C@@H](C(=O)Nc2ccc(F)c(Cl)c2)C[C@@H](c2ncc(-c3ccc(F)cc3)s2)NS1(=O)=O.CN1[C@H](C(=O)Nc2ccc(F)c(Cl)c2)C[C@H](c2ncc(-c3ccc(F)cc3)s2)NS1(=O)=O. The van der Waals surface area contributed by atoms with Crippen molar-refractivity contribution < 1.29 is 66.0 Å². The van der Waals surface area contributed by atoms with Crippen LogP contribution in [0, 0.1) is 34.9 Å². The topological polar surface area (TPSA) is 274 Å². The predicted octanol–water partition coefficient (Wildman–Crippen LogP) is 12.5. The molecule has 3 aromatic heterocycles. The number of aromatic nitrogens is 3. The summed E-state index contributed by atoms with van der Waals surface area (Å²) >= 11 is 21.0. The van der Waals surface area contributed by atoms with E-state index in [0.29, 0.717) is 15.0 Å². The van der Waals surface area contributed by atoms with Crippen molar-refractivity contribution in [3.63, 3.8) is 0 Å². The molecular weight excluding hydrogens is 1460 g/mol. The highest BCUT2D eigenvalue weighted by Gasteiger charge is 2.45. The zero-order valence-corrected chi connectivity index (χ0v) is 56.8. The highest BCUT2D eigenvalue weighted by molar-refractivity contribution is 7.87. The molecule has 2 unspecified atom stereocenters. The van der Waals surface area contributed by atoms with Crippen LogP contribution in [0.1, 0.15) is 59.8 Å². The Morgan fingerprint density at radius 2 is 0.660 bits per heavy atom. The van der Waals surface area contributed by atoms with E-state index in [1.165, 1.54) is 128 Å². The summed E-state index contributed by atoms with van der Waals surface area (Å²) in [7, 11) is -8.01. The Balaban J connectivity index is 0.000000170. The van der Waals surface area contributed by atoms with E-state index < -0.39 is 102 Å². The minimum atomic E-state index is -3.97. The lowest BCUT2D eigenvalue weighted by Gasteiger charge is -2.35. The van der Waals surface area contributed by atoms with E-state index in [-0.39, 0.29) is 76.3 Å². The van der Waals surface area contributed by atoms with E-state index in [0.717, 1.165) is 62.4 Å². The molecule has 36 heteroatoms. The molecule has 6 heterocycles. The molecule has 0 bridgehead atoms. The monoisotopic (exact) mass is 1510 g/mol. The smallest absolute Gasteiger partial charge is 0.280 e. The Hall–Kier alpha value is -7.32. The zero-order chi connectivity index (χ0) is 69.1. The number of rotatable bonds is 12. The van der Waals surface area contributed by atoms with Gasteiger partial charge in [-0.15, -0.1) is 34.0 Å². The first-order valence-corrected chi connectivity index (χ1v) is 36.0. The molecular formula is C61H55Cl3F6N12O9S6. The van der Waals surface area contributed by atoms with Crippen molar-refractivity contribution in [2.24, 2.45) is 0 Å². The van der Waals surface area contributed by atoms with Gasteiger partial charge in [0.15, 0.2) is 0 Å². The number of thiazole rings is 3. The third-order valence-corrected chi connectivity index (χ3v) is 24.2. The van der Waals surface area contributed by atoms with Crippen molar-refractivity contribution in [1.82, 2.24) is 42.0 Å². The van der Waals surface area contributed by atoms with Gasteiger partial charge in [-0.25, -0.2) is 41.3 Å². The molecule has 0 spiro atoms. The fourth-order valence-electron chi connectivity index (χ4n) is 9.81. The van der Waals surface area contributed by atoms with Gasteiger partial charge in [0.1, 0.15) is 68.1 Å². The van der Waals surface area contributed by atoms with E-state index in [9.17, 15) is 66.0 Å². The maximum absolute atomic E-state index is 13.4. The maximum Gasteiger partial charge on any atom is 0.280 e. The fourth-order valence-corrected chi connectivity index (χ4v) is 17.3. The standard InChI is InChI=1S/3C20H17ClF2N4O3S2.CH4/c3*1-27-17(19(28)25-13-6-7-15(23)14(21)8-13)9-16(26-32(27,29)30)20-24-10-18(31-20)11-2-4-12(22)5-3-11;/h3*2-8,10,16-17,26H,9H2,1H3,(H,25,28);1H4/t2*16-,17+;;/m10../s1. The number of halogens is 9. The minimum Gasteiger partial charge on any atom is -0.325 e. The van der Waals surface area contributed by atoms with Crippen LogP contribution >= 0.6 is 68.8 Å². The molecule has 3 amide bonds. The number of amides is 3. The minimum absolute atomic E-state index is 0. The predicted molar refractivity (Wildman–Crippen MR) is 362 cm³/mol. The van der Waals surface area contributed by atoms with Crippen LogP contribution in [0.4, 0.5) is 43.4 Å². The average molecular weight is 1510 g/mol. The molecule has 6 N–H and O–H groups in total. The van der Waals surface area contributed by atoms with E-state index in [4.69, 9.17) is 34.8 Å². The van der Waals surface area contributed by atoms with Gasteiger partial charge in [-0.3, -0.25) is 14.4 Å². The third-order valence-electron chi connectivity index (χ3n) is 15.0. The van der Waals surface area contributed by atoms with Crippen LogP contribution in [0.15, 0.2) is 146 Å². The average Bonchev–Trinajstić information content (AvgIpc) is 1.77. The van der Waals surface area contributed by atoms with Crippen molar-refractivity contribution >= 4 is 134 Å². The second-order valence-electron chi connectivity index (χ2n) is 21.4. The van der Waals surface area contributed by atoms with Crippen LogP contribution in [-0.4, -0.2) is 110 Å². The number of nitrogens with zero attached hydrogens (tertiary/aromatic N) is 6. The third kappa shape index (κ3) is 17.8. The van der Waals surface area contributed by atoms with Gasteiger partial charge < -0.3 is 16.0 Å². The lowest BCUT2D eigenvalue weighted by Crippen LogP contribution is -2.55. The molecule has 6 aromatic carbocycles. The Bertz CT molecular complexity index is 4270. The highest BCUT2D eigenvalue weighted by atomic mass is 35.5. The Labute approximate surface area is 580 Å². The number of hydrogen-bond acceptors (Lipinski definition) is 15. The van der Waals surface area contributed by atoms with Crippen LogP contribution in [0.25, 0.3) is 31.3 Å². The second kappa shape index (κ2) is 30.8. The van der Waals surface area contributed by atoms with Crippen LogP contribution in [0.2, 0.25) is 15.1 Å². The number of hydrogen-bond donors (Lipinski definition) is 6. The number of nitrogens with one attached hydrogen (secondary N) is 6. The lowest BCUT2D eigenvalue weighted by atomic mass is 10.1. The summed E-state index contributed by atoms with van der Waals surface area (Å²) in [6.45, 7) is 0. The van der Waals surface area contributed by atoms with Gasteiger partial charge in [0.2, 0.25) is 17.7 Å². The maximum atomic E-state index is 13.4. The Morgan fingerprint density at radius 1 is 0.423 bits per heavy atom. The molecule has 0 saturated carbocycles. The summed E-state index contributed by atoms with van der Waals surface area (Å²) in [5.41, 5.74) is 2.97. The van der Waals surface area contributed by atoms with Gasteiger partial charge in [-0.05, 0) is 127 Å². The molecule has 97 heavy (non-hydrogen) atoms. The molecule has 6 atom stereocenters. The van der Waals surface area contributed by atoms with Gasteiger partial charge in [-0.1, -0.05) is 78.6 Å². The summed E-state index contributed by atoms with van der Waals surface area (Å²) in [5.74, 6) is -4.73. The van der Waals surface area contributed by atoms with Gasteiger partial charge in [-0.2, -0.15) is 52.3 Å². The number of anilines is 3. The van der Waals surface area contributed by atoms with Crippen molar-refractivity contribution in [1.29, 1.82) is 0 Å². The largest absolute Gasteiger partial charge is 0.325 e. The molecule has 0 radical (unpaired) electrons. The Morgan fingerprint density at radius 3 is 0.887 bits per heavy atom. The summed E-state index contributed by atoms with van der Waals surface area (Å²) in [6.07, 6.45) is 5.09. The number of carbonyl (C=O) groups is 3. The summed E-state index contributed by atoms with van der Waals surface area (Å²) in [5, 5.41) is 8.67. The first-order chi connectivity index (χ1) is 45.4. The molecule has 21 nitrogen and oxygen atoms in total. The van der Waals surface area contributed by atoms with E-state index in [1.54, 1.807) is 55.0 Å². The highest BCUT2D eigenvalue weighted by Crippen LogP contribution is 2.39. The van der Waals surface area contributed by atoms with Crippen molar-refractivity contribution in [3.8, 4) is 31.3 Å². The number of likely N-dealkylation sites (N-methyl/N-ethyl adjacent to an activating group) is 3. The molecule has 0 aliphatic carbocycles. The van der Waals surface area contributed by atoms with Crippen molar-refractivity contribution in [3.05, 3.63) is 211 Å². The van der Waals surface area contributed by atoms with Crippen molar-refractivity contribution in [2.45, 2.75) is 62.9 Å². The fraction of sp³-hybridized carbons (Fsp3) is 0.213. The summed E-state index contributed by atoms with van der Waals surface area (Å²) < 4.78 is 166. The number of benzene rings is 6. The molecule has 3 aliphatic rings. The molecule has 3 saturated heterocycles. The number of carbonyl (C=O) groups excluding carboxylic acids is 3. The molecule has 12 rings (SSSR count). The van der Waals surface area contributed by atoms with E-state index >= 15 is 0 Å². The summed E-state index contributed by atoms with van der Waals surface area (Å²) in [4.78, 5) is 53.7. The lowest BCUT2D eigenvalue weighted by molar-refractivity contribution is -0.120. The molecule has 3 aliphatic heterocycles. The molecule has 512 valence electrons. The van der Waals surface area contributed by atoms with Crippen LogP contribution < -0.4 is 30.1 Å². The normalized spacial score (nSPS) is 20.5. The zero-order valence-electron chi connectivity index (χ0n) is 49.7. The second-order valence-corrected chi connectivity index (χ2v) is 31.1. The van der Waals surface area contributed by atoms with Gasteiger partial charge >= 0.3 is 0 Å². The van der Waals surface area contributed by atoms with Crippen molar-refractivity contribution in [2.75, 3.05) is 37.1 Å². The van der Waals surface area contributed by atoms with Crippen LogP contribution in [0.3, 0.4) is 0 Å². The van der Waals surface area contributed by atoms with Crippen LogP contribution in [0.5, 0.6) is 0 Å².